The van der Waals surface area contributed by atoms with E-state index in [4.69, 9.17) is 11.6 Å². The summed E-state index contributed by atoms with van der Waals surface area (Å²) in [5.41, 5.74) is 6.16. The molecule has 0 saturated heterocycles. The van der Waals surface area contributed by atoms with Gasteiger partial charge in [-0.05, 0) is 41.8 Å². The third-order valence-corrected chi connectivity index (χ3v) is 7.07. The largest absolute Gasteiger partial charge is 0.349 e. The molecule has 0 fully saturated rings. The summed E-state index contributed by atoms with van der Waals surface area (Å²) < 4.78 is 0. The molecule has 3 aromatic rings. The van der Waals surface area contributed by atoms with Crippen LogP contribution in [-0.2, 0) is 24.9 Å². The molecule has 8 heteroatoms. The van der Waals surface area contributed by atoms with Crippen molar-refractivity contribution in [1.82, 2.24) is 19.9 Å². The van der Waals surface area contributed by atoms with Crippen LogP contribution in [0, 0.1) is 0 Å². The van der Waals surface area contributed by atoms with Crippen LogP contribution in [0.3, 0.4) is 0 Å². The Morgan fingerprint density at radius 1 is 1.15 bits per heavy atom. The summed E-state index contributed by atoms with van der Waals surface area (Å²) in [6.07, 6.45) is 4.25. The van der Waals surface area contributed by atoms with Crippen molar-refractivity contribution >= 4 is 41.6 Å². The van der Waals surface area contributed by atoms with E-state index in [1.165, 1.54) is 11.1 Å². The number of nitrogens with one attached hydrogen (secondary N) is 1. The minimum atomic E-state index is 0.124. The van der Waals surface area contributed by atoms with Crippen molar-refractivity contribution in [2.45, 2.75) is 38.8 Å². The highest BCUT2D eigenvalue weighted by molar-refractivity contribution is 7.80. The highest BCUT2D eigenvalue weighted by atomic mass is 35.5. The maximum Gasteiger partial charge on any atom is 0.147 e. The monoisotopic (exact) mass is 480 g/mol. The lowest BCUT2D eigenvalue weighted by Gasteiger charge is -2.40. The van der Waals surface area contributed by atoms with Gasteiger partial charge in [-0.2, -0.15) is 12.6 Å². The maximum absolute atomic E-state index is 6.37. The molecule has 0 saturated carbocycles. The molecule has 0 radical (unpaired) electrons. The van der Waals surface area contributed by atoms with Gasteiger partial charge >= 0.3 is 0 Å². The lowest BCUT2D eigenvalue weighted by Crippen LogP contribution is -2.42. The second-order valence-corrected chi connectivity index (χ2v) is 10.3. The molecule has 4 heterocycles. The van der Waals surface area contributed by atoms with Crippen LogP contribution in [0.25, 0.3) is 0 Å². The van der Waals surface area contributed by atoms with E-state index in [0.717, 1.165) is 66.9 Å². The summed E-state index contributed by atoms with van der Waals surface area (Å²) in [6, 6.07) is 10.5. The first-order chi connectivity index (χ1) is 15.9. The van der Waals surface area contributed by atoms with Crippen LogP contribution >= 0.6 is 24.2 Å². The topological polar surface area (TPSA) is 57.2 Å². The Morgan fingerprint density at radius 3 is 2.85 bits per heavy atom. The molecule has 0 atom stereocenters. The molecule has 0 unspecified atom stereocenters. The van der Waals surface area contributed by atoms with Gasteiger partial charge in [0.15, 0.2) is 0 Å². The molecule has 0 spiro atoms. The average Bonchev–Trinajstić information content (AvgIpc) is 2.79. The van der Waals surface area contributed by atoms with Crippen LogP contribution in [0.4, 0.5) is 17.3 Å². The van der Waals surface area contributed by atoms with Crippen molar-refractivity contribution in [2.75, 3.05) is 35.6 Å². The smallest absolute Gasteiger partial charge is 0.147 e. The molecule has 0 amide bonds. The summed E-state index contributed by atoms with van der Waals surface area (Å²) in [4.78, 5) is 18.3. The van der Waals surface area contributed by atoms with E-state index in [-0.39, 0.29) is 5.41 Å². The van der Waals surface area contributed by atoms with E-state index in [2.05, 4.69) is 74.7 Å². The molecule has 1 N–H and O–H groups in total. The fourth-order valence-corrected chi connectivity index (χ4v) is 5.62. The lowest BCUT2D eigenvalue weighted by molar-refractivity contribution is 0.205. The Hall–Kier alpha value is -2.35. The number of anilines is 3. The number of halogens is 1. The van der Waals surface area contributed by atoms with Crippen LogP contribution in [0.1, 0.15) is 36.2 Å². The number of benzene rings is 1. The molecular formula is C25H29ClN6S. The maximum atomic E-state index is 6.37. The van der Waals surface area contributed by atoms with Gasteiger partial charge in [0, 0.05) is 54.8 Å². The molecule has 172 valence electrons. The van der Waals surface area contributed by atoms with Gasteiger partial charge in [0.25, 0.3) is 0 Å². The Balaban J connectivity index is 1.39. The molecule has 0 bridgehead atoms. The van der Waals surface area contributed by atoms with Crippen molar-refractivity contribution in [3.63, 3.8) is 0 Å². The van der Waals surface area contributed by atoms with Gasteiger partial charge in [0.05, 0.1) is 17.3 Å². The summed E-state index contributed by atoms with van der Waals surface area (Å²) in [5, 5.41) is 4.24. The van der Waals surface area contributed by atoms with Crippen molar-refractivity contribution < 1.29 is 0 Å². The van der Waals surface area contributed by atoms with E-state index in [1.54, 1.807) is 12.5 Å². The zero-order valence-electron chi connectivity index (χ0n) is 19.1. The molecule has 1 aromatic carbocycles. The highest BCUT2D eigenvalue weighted by Crippen LogP contribution is 2.36. The second-order valence-electron chi connectivity index (χ2n) is 9.44. The third kappa shape index (κ3) is 4.54. The predicted octanol–water partition coefficient (Wildman–Crippen LogP) is 4.85. The van der Waals surface area contributed by atoms with E-state index >= 15 is 0 Å². The molecule has 0 aliphatic carbocycles. The Labute approximate surface area is 205 Å². The van der Waals surface area contributed by atoms with Gasteiger partial charge < -0.3 is 10.2 Å². The summed E-state index contributed by atoms with van der Waals surface area (Å²) >= 11 is 10.8. The van der Waals surface area contributed by atoms with Crippen molar-refractivity contribution in [2.24, 2.45) is 0 Å². The molecule has 2 aliphatic heterocycles. The lowest BCUT2D eigenvalue weighted by atomic mass is 9.78. The quantitative estimate of drug-likeness (QED) is 0.509. The average molecular weight is 481 g/mol. The SMILES string of the molecule is CC1(C)CN(CCS)Cc2cc(Nc3ncnc4c3CCN(c3ncccc3Cl)C4)ccc21. The number of aromatic nitrogens is 3. The van der Waals surface area contributed by atoms with Gasteiger partial charge in [-0.1, -0.05) is 31.5 Å². The zero-order chi connectivity index (χ0) is 23.0. The van der Waals surface area contributed by atoms with Crippen molar-refractivity contribution in [3.05, 3.63) is 70.3 Å². The zero-order valence-corrected chi connectivity index (χ0v) is 20.7. The number of hydrogen-bond acceptors (Lipinski definition) is 7. The van der Waals surface area contributed by atoms with Gasteiger partial charge in [-0.25, -0.2) is 15.0 Å². The van der Waals surface area contributed by atoms with Crippen LogP contribution in [-0.4, -0.2) is 45.2 Å². The van der Waals surface area contributed by atoms with E-state index in [9.17, 15) is 0 Å². The van der Waals surface area contributed by atoms with E-state index in [1.807, 2.05) is 12.1 Å². The first-order valence-corrected chi connectivity index (χ1v) is 12.4. The Kier molecular flexibility index (Phi) is 6.20. The summed E-state index contributed by atoms with van der Waals surface area (Å²) in [7, 11) is 0. The van der Waals surface area contributed by atoms with Crippen molar-refractivity contribution in [1.29, 1.82) is 0 Å². The second kappa shape index (κ2) is 9.12. The number of thiol groups is 1. The predicted molar refractivity (Wildman–Crippen MR) is 138 cm³/mol. The van der Waals surface area contributed by atoms with Crippen LogP contribution in [0.15, 0.2) is 42.9 Å². The van der Waals surface area contributed by atoms with Gasteiger partial charge in [-0.3, -0.25) is 4.90 Å². The minimum absolute atomic E-state index is 0.124. The molecule has 5 rings (SSSR count). The number of rotatable bonds is 5. The van der Waals surface area contributed by atoms with E-state index < -0.39 is 0 Å². The van der Waals surface area contributed by atoms with Crippen LogP contribution < -0.4 is 10.2 Å². The fraction of sp³-hybridized carbons (Fsp3) is 0.400. The first-order valence-electron chi connectivity index (χ1n) is 11.4. The number of nitrogens with zero attached hydrogens (tertiary/aromatic N) is 5. The normalized spacial score (nSPS) is 17.4. The standard InChI is InChI=1S/C25H29ClN6S/c1-25(2)15-31(10-11-33)13-17-12-18(5-6-20(17)25)30-23-19-7-9-32(14-22(19)28-16-29-23)24-21(26)4-3-8-27-24/h3-6,8,12,16,33H,7,9-11,13-15H2,1-2H3,(H,28,29,30). The third-order valence-electron chi connectivity index (χ3n) is 6.57. The molecule has 6 nitrogen and oxygen atoms in total. The molecular weight excluding hydrogens is 452 g/mol. The number of pyridine rings is 1. The van der Waals surface area contributed by atoms with Crippen LogP contribution in [0.5, 0.6) is 0 Å². The summed E-state index contributed by atoms with van der Waals surface area (Å²) in [6.45, 7) is 9.15. The number of fused-ring (bicyclic) bond motifs is 2. The molecule has 2 aromatic heterocycles. The van der Waals surface area contributed by atoms with Gasteiger partial charge in [-0.15, -0.1) is 0 Å². The fourth-order valence-electron chi connectivity index (χ4n) is 5.09. The van der Waals surface area contributed by atoms with Gasteiger partial charge in [0.1, 0.15) is 18.0 Å². The molecule has 2 aliphatic rings. The van der Waals surface area contributed by atoms with Crippen LogP contribution in [0.2, 0.25) is 5.02 Å². The first kappa shape index (κ1) is 22.4. The highest BCUT2D eigenvalue weighted by Gasteiger charge is 2.31. The molecule has 33 heavy (non-hydrogen) atoms. The summed E-state index contributed by atoms with van der Waals surface area (Å²) in [5.74, 6) is 2.56. The van der Waals surface area contributed by atoms with E-state index in [0.29, 0.717) is 11.6 Å². The Bertz CT molecular complexity index is 1170. The number of hydrogen-bond donors (Lipinski definition) is 2. The minimum Gasteiger partial charge on any atom is -0.349 e. The van der Waals surface area contributed by atoms with Crippen molar-refractivity contribution in [3.8, 4) is 0 Å². The van der Waals surface area contributed by atoms with Gasteiger partial charge in [0.2, 0.25) is 0 Å². The Morgan fingerprint density at radius 2 is 2.03 bits per heavy atom.